The fourth-order valence-corrected chi connectivity index (χ4v) is 1.76. The first kappa shape index (κ1) is 15.7. The summed E-state index contributed by atoms with van der Waals surface area (Å²) in [6.07, 6.45) is 1.96. The topological polar surface area (TPSA) is 44.4 Å². The molecular formula is C11H24ClN3O. The van der Waals surface area contributed by atoms with Crippen molar-refractivity contribution in [3.05, 3.63) is 0 Å². The van der Waals surface area contributed by atoms with Gasteiger partial charge in [-0.15, -0.1) is 12.4 Å². The van der Waals surface area contributed by atoms with E-state index in [-0.39, 0.29) is 24.2 Å². The van der Waals surface area contributed by atoms with Gasteiger partial charge in [-0.2, -0.15) is 0 Å². The van der Waals surface area contributed by atoms with Crippen LogP contribution in [0, 0.1) is 5.92 Å². The van der Waals surface area contributed by atoms with E-state index in [1.54, 1.807) is 0 Å². The van der Waals surface area contributed by atoms with Gasteiger partial charge in [-0.25, -0.2) is 0 Å². The molecule has 5 heteroatoms. The predicted octanol–water partition coefficient (Wildman–Crippen LogP) is 0.476. The molecule has 0 aromatic rings. The van der Waals surface area contributed by atoms with Crippen LogP contribution in [-0.2, 0) is 4.79 Å². The Morgan fingerprint density at radius 3 is 2.62 bits per heavy atom. The first-order valence-electron chi connectivity index (χ1n) is 5.91. The molecule has 1 fully saturated rings. The fraction of sp³-hybridized carbons (Fsp3) is 0.909. The molecule has 0 aromatic heterocycles. The third-order valence-electron chi connectivity index (χ3n) is 3.04. The van der Waals surface area contributed by atoms with Gasteiger partial charge in [0, 0.05) is 19.0 Å². The van der Waals surface area contributed by atoms with Gasteiger partial charge in [0.1, 0.15) is 0 Å². The van der Waals surface area contributed by atoms with E-state index in [0.29, 0.717) is 0 Å². The van der Waals surface area contributed by atoms with Crippen molar-refractivity contribution in [1.82, 2.24) is 15.5 Å². The number of nitrogens with one attached hydrogen (secondary N) is 2. The second-order valence-electron chi connectivity index (χ2n) is 4.21. The number of carbonyl (C=O) groups excluding carboxylic acids is 1. The van der Waals surface area contributed by atoms with E-state index in [2.05, 4.69) is 29.5 Å². The molecule has 2 N–H and O–H groups in total. The summed E-state index contributed by atoms with van der Waals surface area (Å²) in [5.41, 5.74) is 0. The van der Waals surface area contributed by atoms with Crippen LogP contribution < -0.4 is 10.6 Å². The van der Waals surface area contributed by atoms with E-state index in [4.69, 9.17) is 0 Å². The van der Waals surface area contributed by atoms with Crippen LogP contribution >= 0.6 is 12.4 Å². The van der Waals surface area contributed by atoms with Crippen molar-refractivity contribution in [2.75, 3.05) is 39.8 Å². The highest BCUT2D eigenvalue weighted by molar-refractivity contribution is 5.85. The van der Waals surface area contributed by atoms with Crippen molar-refractivity contribution in [3.63, 3.8) is 0 Å². The maximum atomic E-state index is 11.7. The van der Waals surface area contributed by atoms with E-state index in [9.17, 15) is 4.79 Å². The summed E-state index contributed by atoms with van der Waals surface area (Å²) >= 11 is 0. The maximum Gasteiger partial charge on any atom is 0.223 e. The lowest BCUT2D eigenvalue weighted by atomic mass is 9.97. The molecule has 0 radical (unpaired) electrons. The van der Waals surface area contributed by atoms with Crippen molar-refractivity contribution in [1.29, 1.82) is 0 Å². The van der Waals surface area contributed by atoms with E-state index in [1.165, 1.54) is 0 Å². The van der Waals surface area contributed by atoms with Gasteiger partial charge in [0.15, 0.2) is 0 Å². The number of halogens is 1. The third-order valence-corrected chi connectivity index (χ3v) is 3.04. The zero-order valence-electron chi connectivity index (χ0n) is 10.3. The molecule has 0 spiro atoms. The molecule has 0 aliphatic carbocycles. The molecule has 96 valence electrons. The summed E-state index contributed by atoms with van der Waals surface area (Å²) in [6, 6.07) is 0. The molecule has 4 nitrogen and oxygen atoms in total. The Balaban J connectivity index is 0.00000225. The number of rotatable bonds is 5. The summed E-state index contributed by atoms with van der Waals surface area (Å²) < 4.78 is 0. The molecule has 1 heterocycles. The van der Waals surface area contributed by atoms with Crippen LogP contribution in [0.4, 0.5) is 0 Å². The lowest BCUT2D eigenvalue weighted by Crippen LogP contribution is -2.40. The van der Waals surface area contributed by atoms with Gasteiger partial charge in [-0.3, -0.25) is 4.79 Å². The van der Waals surface area contributed by atoms with Crippen molar-refractivity contribution in [2.24, 2.45) is 5.92 Å². The number of hydrogen-bond acceptors (Lipinski definition) is 3. The van der Waals surface area contributed by atoms with Gasteiger partial charge in [-0.05, 0) is 39.5 Å². The number of amides is 1. The Hall–Kier alpha value is -0.320. The van der Waals surface area contributed by atoms with Crippen LogP contribution in [0.3, 0.4) is 0 Å². The normalized spacial score (nSPS) is 16.9. The summed E-state index contributed by atoms with van der Waals surface area (Å²) in [5, 5.41) is 6.27. The molecule has 0 saturated carbocycles. The average molecular weight is 250 g/mol. The lowest BCUT2D eigenvalue weighted by molar-refractivity contribution is -0.125. The van der Waals surface area contributed by atoms with Crippen LogP contribution in [0.1, 0.15) is 19.8 Å². The van der Waals surface area contributed by atoms with Gasteiger partial charge in [-0.1, -0.05) is 6.92 Å². The standard InChI is InChI=1S/C11H23N3O.ClH/c1-3-14(2)9-8-13-11(15)10-4-6-12-7-5-10;/h10,12H,3-9H2,1-2H3,(H,13,15);1H. The number of hydrogen-bond donors (Lipinski definition) is 2. The summed E-state index contributed by atoms with van der Waals surface area (Å²) in [5.74, 6) is 0.471. The first-order valence-corrected chi connectivity index (χ1v) is 5.91. The predicted molar refractivity (Wildman–Crippen MR) is 69.0 cm³/mol. The molecule has 0 unspecified atom stereocenters. The zero-order valence-corrected chi connectivity index (χ0v) is 11.1. The minimum Gasteiger partial charge on any atom is -0.355 e. The lowest BCUT2D eigenvalue weighted by Gasteiger charge is -2.22. The maximum absolute atomic E-state index is 11.7. The molecule has 16 heavy (non-hydrogen) atoms. The van der Waals surface area contributed by atoms with Crippen molar-refractivity contribution in [3.8, 4) is 0 Å². The number of carbonyl (C=O) groups is 1. The summed E-state index contributed by atoms with van der Waals surface area (Å²) in [4.78, 5) is 13.9. The third kappa shape index (κ3) is 5.68. The number of likely N-dealkylation sites (N-methyl/N-ethyl adjacent to an activating group) is 1. The Morgan fingerprint density at radius 1 is 1.44 bits per heavy atom. The minimum absolute atomic E-state index is 0. The van der Waals surface area contributed by atoms with E-state index in [0.717, 1.165) is 45.6 Å². The molecule has 1 saturated heterocycles. The summed E-state index contributed by atoms with van der Waals surface area (Å²) in [6.45, 7) is 6.82. The minimum atomic E-state index is 0. The Bertz CT molecular complexity index is 196. The van der Waals surface area contributed by atoms with Gasteiger partial charge in [0.05, 0.1) is 0 Å². The highest BCUT2D eigenvalue weighted by Gasteiger charge is 2.20. The number of piperidine rings is 1. The summed E-state index contributed by atoms with van der Waals surface area (Å²) in [7, 11) is 2.07. The molecular weight excluding hydrogens is 226 g/mol. The second kappa shape index (κ2) is 8.79. The molecule has 1 rings (SSSR count). The zero-order chi connectivity index (χ0) is 11.1. The Kier molecular flexibility index (Phi) is 8.61. The average Bonchev–Trinajstić information content (AvgIpc) is 2.29. The molecule has 1 aliphatic heterocycles. The largest absolute Gasteiger partial charge is 0.355 e. The molecule has 1 aliphatic rings. The molecule has 0 bridgehead atoms. The van der Waals surface area contributed by atoms with Crippen molar-refractivity contribution >= 4 is 18.3 Å². The first-order chi connectivity index (χ1) is 7.24. The van der Waals surface area contributed by atoms with Gasteiger partial charge < -0.3 is 15.5 Å². The Labute approximate surface area is 105 Å². The van der Waals surface area contributed by atoms with E-state index < -0.39 is 0 Å². The van der Waals surface area contributed by atoms with Crippen molar-refractivity contribution in [2.45, 2.75) is 19.8 Å². The van der Waals surface area contributed by atoms with Crippen LogP contribution in [0.5, 0.6) is 0 Å². The monoisotopic (exact) mass is 249 g/mol. The van der Waals surface area contributed by atoms with Gasteiger partial charge in [0.25, 0.3) is 0 Å². The van der Waals surface area contributed by atoms with E-state index >= 15 is 0 Å². The van der Waals surface area contributed by atoms with Gasteiger partial charge in [0.2, 0.25) is 5.91 Å². The van der Waals surface area contributed by atoms with E-state index in [1.807, 2.05) is 0 Å². The van der Waals surface area contributed by atoms with Crippen LogP contribution in [0.25, 0.3) is 0 Å². The van der Waals surface area contributed by atoms with Crippen molar-refractivity contribution < 1.29 is 4.79 Å². The molecule has 0 atom stereocenters. The highest BCUT2D eigenvalue weighted by atomic mass is 35.5. The van der Waals surface area contributed by atoms with Crippen LogP contribution in [0.2, 0.25) is 0 Å². The molecule has 1 amide bonds. The van der Waals surface area contributed by atoms with Gasteiger partial charge >= 0.3 is 0 Å². The Morgan fingerprint density at radius 2 is 2.06 bits per heavy atom. The van der Waals surface area contributed by atoms with Crippen LogP contribution in [-0.4, -0.2) is 50.6 Å². The molecule has 0 aromatic carbocycles. The van der Waals surface area contributed by atoms with Crippen LogP contribution in [0.15, 0.2) is 0 Å². The highest BCUT2D eigenvalue weighted by Crippen LogP contribution is 2.10. The quantitative estimate of drug-likeness (QED) is 0.745. The SMILES string of the molecule is CCN(C)CCNC(=O)C1CCNCC1.Cl. The fourth-order valence-electron chi connectivity index (χ4n) is 1.76. The second-order valence-corrected chi connectivity index (χ2v) is 4.21. The number of nitrogens with zero attached hydrogens (tertiary/aromatic N) is 1. The smallest absolute Gasteiger partial charge is 0.223 e.